The van der Waals surface area contributed by atoms with Crippen LogP contribution in [0.2, 0.25) is 0 Å². The van der Waals surface area contributed by atoms with Crippen molar-refractivity contribution in [2.24, 2.45) is 0 Å². The fourth-order valence-corrected chi connectivity index (χ4v) is 3.61. The Kier molecular flexibility index (Phi) is 5.69. The number of rotatable bonds is 4. The lowest BCUT2D eigenvalue weighted by molar-refractivity contribution is -0.141. The number of likely N-dealkylation sites (N-methyl/N-ethyl adjacent to an activating group) is 2. The summed E-state index contributed by atoms with van der Waals surface area (Å²) < 4.78 is 13.3. The minimum absolute atomic E-state index is 0.0188. The molecule has 0 radical (unpaired) electrons. The van der Waals surface area contributed by atoms with Gasteiger partial charge in [-0.05, 0) is 44.4 Å². The van der Waals surface area contributed by atoms with E-state index in [-0.39, 0.29) is 17.8 Å². The van der Waals surface area contributed by atoms with Gasteiger partial charge in [0, 0.05) is 19.6 Å². The van der Waals surface area contributed by atoms with Gasteiger partial charge >= 0.3 is 0 Å². The van der Waals surface area contributed by atoms with Gasteiger partial charge in [0.2, 0.25) is 5.91 Å². The van der Waals surface area contributed by atoms with Crippen LogP contribution in [0.15, 0.2) is 54.6 Å². The second-order valence-corrected chi connectivity index (χ2v) is 7.14. The molecular formula is C21H26FN3O. The average molecular weight is 355 g/mol. The zero-order chi connectivity index (χ0) is 18.7. The normalized spacial score (nSPS) is 19.6. The summed E-state index contributed by atoms with van der Waals surface area (Å²) in [7, 11) is 5.86. The van der Waals surface area contributed by atoms with Crippen molar-refractivity contribution in [1.29, 1.82) is 0 Å². The molecule has 26 heavy (non-hydrogen) atoms. The van der Waals surface area contributed by atoms with Crippen molar-refractivity contribution in [3.05, 3.63) is 71.5 Å². The first kappa shape index (κ1) is 18.5. The molecule has 1 aliphatic heterocycles. The molecule has 1 aliphatic rings. The molecule has 1 saturated heterocycles. The van der Waals surface area contributed by atoms with E-state index in [9.17, 15) is 9.18 Å². The fraction of sp³-hybridized carbons (Fsp3) is 0.381. The Morgan fingerprint density at radius 2 is 1.73 bits per heavy atom. The quantitative estimate of drug-likeness (QED) is 0.844. The van der Waals surface area contributed by atoms with Crippen LogP contribution in [0.5, 0.6) is 0 Å². The smallest absolute Gasteiger partial charge is 0.245 e. The molecule has 0 aliphatic carbocycles. The van der Waals surface area contributed by atoms with Crippen LogP contribution in [-0.4, -0.2) is 61.4 Å². The van der Waals surface area contributed by atoms with Gasteiger partial charge in [0.1, 0.15) is 11.9 Å². The van der Waals surface area contributed by atoms with Crippen molar-refractivity contribution in [2.45, 2.75) is 12.1 Å². The maximum absolute atomic E-state index is 13.5. The molecule has 0 aromatic heterocycles. The molecule has 2 atom stereocenters. The Balaban J connectivity index is 1.92. The van der Waals surface area contributed by atoms with Crippen molar-refractivity contribution in [3.8, 4) is 0 Å². The van der Waals surface area contributed by atoms with Crippen LogP contribution < -0.4 is 0 Å². The van der Waals surface area contributed by atoms with Gasteiger partial charge in [-0.1, -0.05) is 42.5 Å². The Morgan fingerprint density at radius 3 is 2.35 bits per heavy atom. The number of halogens is 1. The summed E-state index contributed by atoms with van der Waals surface area (Å²) in [6.07, 6.45) is 0. The van der Waals surface area contributed by atoms with E-state index in [2.05, 4.69) is 24.1 Å². The van der Waals surface area contributed by atoms with Crippen molar-refractivity contribution < 1.29 is 9.18 Å². The van der Waals surface area contributed by atoms with Gasteiger partial charge in [0.25, 0.3) is 0 Å². The van der Waals surface area contributed by atoms with Crippen LogP contribution >= 0.6 is 0 Å². The number of nitrogens with zero attached hydrogens (tertiary/aromatic N) is 3. The highest BCUT2D eigenvalue weighted by Gasteiger charge is 2.35. The van der Waals surface area contributed by atoms with E-state index in [1.54, 1.807) is 12.1 Å². The molecule has 1 heterocycles. The lowest BCUT2D eigenvalue weighted by Gasteiger charge is -2.42. The minimum Gasteiger partial charge on any atom is -0.331 e. The first-order chi connectivity index (χ1) is 12.5. The molecule has 5 heteroatoms. The van der Waals surface area contributed by atoms with Gasteiger partial charge in [-0.3, -0.25) is 9.69 Å². The predicted octanol–water partition coefficient (Wildman–Crippen LogP) is 2.94. The molecule has 0 bridgehead atoms. The molecule has 0 unspecified atom stereocenters. The van der Waals surface area contributed by atoms with Gasteiger partial charge in [-0.2, -0.15) is 0 Å². The number of amides is 1. The van der Waals surface area contributed by atoms with Crippen molar-refractivity contribution >= 4 is 5.91 Å². The van der Waals surface area contributed by atoms with Gasteiger partial charge in [-0.25, -0.2) is 4.39 Å². The molecule has 2 aromatic carbocycles. The molecule has 0 spiro atoms. The summed E-state index contributed by atoms with van der Waals surface area (Å²) in [5, 5.41) is 0. The van der Waals surface area contributed by atoms with Crippen LogP contribution in [0.25, 0.3) is 0 Å². The zero-order valence-electron chi connectivity index (χ0n) is 15.6. The summed E-state index contributed by atoms with van der Waals surface area (Å²) in [5.74, 6) is -0.232. The lowest BCUT2D eigenvalue weighted by atomic mass is 9.98. The molecule has 0 N–H and O–H groups in total. The van der Waals surface area contributed by atoms with Crippen molar-refractivity contribution in [1.82, 2.24) is 14.7 Å². The van der Waals surface area contributed by atoms with E-state index < -0.39 is 6.04 Å². The number of hydrogen-bond acceptors (Lipinski definition) is 3. The van der Waals surface area contributed by atoms with Crippen LogP contribution in [0.4, 0.5) is 4.39 Å². The SMILES string of the molecule is CN1CCN(C(=O)[C@H](c2ccc(F)cc2)N(C)C)[C@@H](c2ccccc2)C1. The first-order valence-corrected chi connectivity index (χ1v) is 8.93. The monoisotopic (exact) mass is 355 g/mol. The summed E-state index contributed by atoms with van der Waals surface area (Å²) in [4.78, 5) is 19.6. The number of carbonyl (C=O) groups excluding carboxylic acids is 1. The average Bonchev–Trinajstić information content (AvgIpc) is 2.64. The fourth-order valence-electron chi connectivity index (χ4n) is 3.61. The second-order valence-electron chi connectivity index (χ2n) is 7.14. The summed E-state index contributed by atoms with van der Waals surface area (Å²) in [6, 6.07) is 16.0. The van der Waals surface area contributed by atoms with Crippen LogP contribution in [-0.2, 0) is 4.79 Å². The highest BCUT2D eigenvalue weighted by molar-refractivity contribution is 5.84. The second kappa shape index (κ2) is 7.98. The van der Waals surface area contributed by atoms with E-state index in [1.165, 1.54) is 12.1 Å². The van der Waals surface area contributed by atoms with Crippen LogP contribution in [0.3, 0.4) is 0 Å². The van der Waals surface area contributed by atoms with Crippen LogP contribution in [0, 0.1) is 5.82 Å². The van der Waals surface area contributed by atoms with Gasteiger partial charge in [0.05, 0.1) is 6.04 Å². The number of carbonyl (C=O) groups is 1. The topological polar surface area (TPSA) is 26.8 Å². The van der Waals surface area contributed by atoms with Crippen molar-refractivity contribution in [2.75, 3.05) is 40.8 Å². The Morgan fingerprint density at radius 1 is 1.08 bits per heavy atom. The minimum atomic E-state index is -0.426. The molecule has 2 aromatic rings. The van der Waals surface area contributed by atoms with E-state index >= 15 is 0 Å². The molecular weight excluding hydrogens is 329 g/mol. The van der Waals surface area contributed by atoms with Gasteiger partial charge < -0.3 is 9.80 Å². The van der Waals surface area contributed by atoms with E-state index in [4.69, 9.17) is 0 Å². The summed E-state index contributed by atoms with van der Waals surface area (Å²) >= 11 is 0. The molecule has 1 fully saturated rings. The maximum atomic E-state index is 13.5. The molecule has 3 rings (SSSR count). The maximum Gasteiger partial charge on any atom is 0.245 e. The third-order valence-corrected chi connectivity index (χ3v) is 4.99. The van der Waals surface area contributed by atoms with Crippen molar-refractivity contribution in [3.63, 3.8) is 0 Å². The Bertz CT molecular complexity index is 733. The molecule has 0 saturated carbocycles. The number of hydrogen-bond donors (Lipinski definition) is 0. The number of benzene rings is 2. The van der Waals surface area contributed by atoms with E-state index in [1.807, 2.05) is 42.1 Å². The molecule has 4 nitrogen and oxygen atoms in total. The Hall–Kier alpha value is -2.24. The van der Waals surface area contributed by atoms with Gasteiger partial charge in [0.15, 0.2) is 0 Å². The third-order valence-electron chi connectivity index (χ3n) is 4.99. The van der Waals surface area contributed by atoms with Crippen LogP contribution in [0.1, 0.15) is 23.2 Å². The van der Waals surface area contributed by atoms with Gasteiger partial charge in [-0.15, -0.1) is 0 Å². The molecule has 138 valence electrons. The lowest BCUT2D eigenvalue weighted by Crippen LogP contribution is -2.52. The standard InChI is InChI=1S/C21H26FN3O/c1-23(2)20(17-9-11-18(22)12-10-17)21(26)25-14-13-24(3)15-19(25)16-7-5-4-6-8-16/h4-12,19-20H,13-15H2,1-3H3/t19-,20+/m1/s1. The first-order valence-electron chi connectivity index (χ1n) is 8.93. The third kappa shape index (κ3) is 3.94. The largest absolute Gasteiger partial charge is 0.331 e. The highest BCUT2D eigenvalue weighted by atomic mass is 19.1. The van der Waals surface area contributed by atoms with E-state index in [0.29, 0.717) is 6.54 Å². The number of piperazine rings is 1. The zero-order valence-corrected chi connectivity index (χ0v) is 15.6. The molecule has 1 amide bonds. The summed E-state index contributed by atoms with van der Waals surface area (Å²) in [6.45, 7) is 2.33. The summed E-state index contributed by atoms with van der Waals surface area (Å²) in [5.41, 5.74) is 1.95. The predicted molar refractivity (Wildman–Crippen MR) is 101 cm³/mol. The highest BCUT2D eigenvalue weighted by Crippen LogP contribution is 2.30. The van der Waals surface area contributed by atoms with E-state index in [0.717, 1.165) is 24.2 Å². The Labute approximate surface area is 154 Å².